The summed E-state index contributed by atoms with van der Waals surface area (Å²) in [6.07, 6.45) is 0. The number of aryl methyl sites for hydroxylation is 2. The first-order chi connectivity index (χ1) is 7.93. The molecule has 2 N–H and O–H groups in total. The third-order valence-electron chi connectivity index (χ3n) is 3.40. The van der Waals surface area contributed by atoms with Crippen LogP contribution >= 0.6 is 0 Å². The fraction of sp³-hybridized carbons (Fsp3) is 0.462. The molecule has 4 heteroatoms. The van der Waals surface area contributed by atoms with E-state index in [-0.39, 0.29) is 11.7 Å². The molecule has 17 heavy (non-hydrogen) atoms. The Morgan fingerprint density at radius 2 is 1.71 bits per heavy atom. The van der Waals surface area contributed by atoms with Crippen LogP contribution in [-0.4, -0.2) is 9.13 Å². The molecular weight excluding hydrogens is 214 g/mol. The van der Waals surface area contributed by atoms with Gasteiger partial charge in [-0.3, -0.25) is 9.13 Å². The summed E-state index contributed by atoms with van der Waals surface area (Å²) in [5, 5.41) is 0. The lowest BCUT2D eigenvalue weighted by atomic mass is 9.97. The molecular formula is C13H19N3O. The summed E-state index contributed by atoms with van der Waals surface area (Å²) in [7, 11) is 3.57. The van der Waals surface area contributed by atoms with E-state index in [1.165, 1.54) is 0 Å². The maximum Gasteiger partial charge on any atom is 0.328 e. The number of imidazole rings is 1. The Kier molecular flexibility index (Phi) is 2.83. The molecule has 0 saturated carbocycles. The first-order valence-corrected chi connectivity index (χ1v) is 5.84. The van der Waals surface area contributed by atoms with E-state index in [1.807, 2.05) is 18.2 Å². The van der Waals surface area contributed by atoms with Crippen molar-refractivity contribution in [3.05, 3.63) is 34.2 Å². The molecule has 0 saturated heterocycles. The van der Waals surface area contributed by atoms with Crippen molar-refractivity contribution in [3.63, 3.8) is 0 Å². The quantitative estimate of drug-likeness (QED) is 0.855. The summed E-state index contributed by atoms with van der Waals surface area (Å²) in [5.41, 5.74) is 9.08. The Labute approximate surface area is 101 Å². The molecule has 0 aliphatic carbocycles. The summed E-state index contributed by atoms with van der Waals surface area (Å²) < 4.78 is 3.31. The van der Waals surface area contributed by atoms with Crippen molar-refractivity contribution in [3.8, 4) is 0 Å². The molecule has 1 aromatic carbocycles. The minimum absolute atomic E-state index is 0.00438. The van der Waals surface area contributed by atoms with Crippen molar-refractivity contribution in [2.75, 3.05) is 0 Å². The molecule has 1 aromatic heterocycles. The third kappa shape index (κ3) is 1.78. The lowest BCUT2D eigenvalue weighted by Crippen LogP contribution is -2.19. The van der Waals surface area contributed by atoms with Gasteiger partial charge >= 0.3 is 5.69 Å². The minimum Gasteiger partial charge on any atom is -0.324 e. The number of hydrogen-bond donors (Lipinski definition) is 1. The van der Waals surface area contributed by atoms with E-state index < -0.39 is 0 Å². The minimum atomic E-state index is -0.00438. The van der Waals surface area contributed by atoms with Crippen LogP contribution in [0.3, 0.4) is 0 Å². The molecule has 0 fully saturated rings. The van der Waals surface area contributed by atoms with Gasteiger partial charge in [-0.15, -0.1) is 0 Å². The summed E-state index contributed by atoms with van der Waals surface area (Å²) >= 11 is 0. The number of hydrogen-bond acceptors (Lipinski definition) is 2. The lowest BCUT2D eigenvalue weighted by Gasteiger charge is -2.16. The Morgan fingerprint density at radius 3 is 2.29 bits per heavy atom. The Bertz CT molecular complexity index is 607. The lowest BCUT2D eigenvalue weighted by molar-refractivity contribution is 0.514. The average molecular weight is 233 g/mol. The number of fused-ring (bicyclic) bond motifs is 1. The highest BCUT2D eigenvalue weighted by Gasteiger charge is 2.13. The van der Waals surface area contributed by atoms with Gasteiger partial charge in [0.05, 0.1) is 11.0 Å². The van der Waals surface area contributed by atoms with E-state index in [2.05, 4.69) is 13.8 Å². The molecule has 2 rings (SSSR count). The van der Waals surface area contributed by atoms with Gasteiger partial charge in [0, 0.05) is 20.1 Å². The standard InChI is InChI=1S/C13H19N3O/c1-8(2)12(14)9-5-6-10-11(7-9)16(4)13(17)15(10)3/h5-8,12H,14H2,1-4H3. The molecule has 0 amide bonds. The highest BCUT2D eigenvalue weighted by molar-refractivity contribution is 5.77. The largest absolute Gasteiger partial charge is 0.328 e. The first kappa shape index (κ1) is 11.9. The van der Waals surface area contributed by atoms with Crippen molar-refractivity contribution >= 4 is 11.0 Å². The van der Waals surface area contributed by atoms with E-state index in [1.54, 1.807) is 23.2 Å². The molecule has 4 nitrogen and oxygen atoms in total. The summed E-state index contributed by atoms with van der Waals surface area (Å²) in [4.78, 5) is 11.8. The maximum absolute atomic E-state index is 11.8. The van der Waals surface area contributed by atoms with Crippen LogP contribution in [0.5, 0.6) is 0 Å². The van der Waals surface area contributed by atoms with Crippen LogP contribution in [0.2, 0.25) is 0 Å². The van der Waals surface area contributed by atoms with E-state index in [0.717, 1.165) is 16.6 Å². The molecule has 1 atom stereocenters. The van der Waals surface area contributed by atoms with Crippen LogP contribution in [0.4, 0.5) is 0 Å². The molecule has 0 bridgehead atoms. The van der Waals surface area contributed by atoms with Crippen LogP contribution in [0.1, 0.15) is 25.5 Å². The van der Waals surface area contributed by atoms with Gasteiger partial charge in [-0.1, -0.05) is 19.9 Å². The normalized spacial score (nSPS) is 13.5. The van der Waals surface area contributed by atoms with Gasteiger partial charge in [-0.05, 0) is 23.6 Å². The van der Waals surface area contributed by atoms with Crippen LogP contribution in [0, 0.1) is 5.92 Å². The van der Waals surface area contributed by atoms with Gasteiger partial charge in [-0.25, -0.2) is 4.79 Å². The van der Waals surface area contributed by atoms with Gasteiger partial charge in [0.15, 0.2) is 0 Å². The number of nitrogens with zero attached hydrogens (tertiary/aromatic N) is 2. The van der Waals surface area contributed by atoms with Crippen LogP contribution < -0.4 is 11.4 Å². The highest BCUT2D eigenvalue weighted by atomic mass is 16.1. The zero-order valence-electron chi connectivity index (χ0n) is 10.8. The maximum atomic E-state index is 11.8. The topological polar surface area (TPSA) is 52.9 Å². The Morgan fingerprint density at radius 1 is 1.12 bits per heavy atom. The number of aromatic nitrogens is 2. The van der Waals surface area contributed by atoms with Gasteiger partial charge in [-0.2, -0.15) is 0 Å². The molecule has 0 radical (unpaired) electrons. The number of nitrogens with two attached hydrogens (primary N) is 1. The van der Waals surface area contributed by atoms with Gasteiger partial charge < -0.3 is 5.73 Å². The van der Waals surface area contributed by atoms with E-state index in [4.69, 9.17) is 5.73 Å². The second-order valence-electron chi connectivity index (χ2n) is 4.92. The fourth-order valence-electron chi connectivity index (χ4n) is 2.12. The zero-order valence-corrected chi connectivity index (χ0v) is 10.8. The van der Waals surface area contributed by atoms with Crippen LogP contribution in [-0.2, 0) is 14.1 Å². The monoisotopic (exact) mass is 233 g/mol. The molecule has 92 valence electrons. The van der Waals surface area contributed by atoms with E-state index in [9.17, 15) is 4.79 Å². The molecule has 2 aromatic rings. The van der Waals surface area contributed by atoms with Gasteiger partial charge in [0.1, 0.15) is 0 Å². The predicted molar refractivity (Wildman–Crippen MR) is 69.9 cm³/mol. The number of benzene rings is 1. The van der Waals surface area contributed by atoms with Crippen molar-refractivity contribution in [2.45, 2.75) is 19.9 Å². The summed E-state index contributed by atoms with van der Waals surface area (Å²) in [6.45, 7) is 4.19. The van der Waals surface area contributed by atoms with Crippen LogP contribution in [0.15, 0.2) is 23.0 Å². The van der Waals surface area contributed by atoms with E-state index >= 15 is 0 Å². The summed E-state index contributed by atoms with van der Waals surface area (Å²) in [5.74, 6) is 0.383. The second kappa shape index (κ2) is 4.04. The second-order valence-corrected chi connectivity index (χ2v) is 4.92. The highest BCUT2D eigenvalue weighted by Crippen LogP contribution is 2.22. The zero-order chi connectivity index (χ0) is 12.7. The van der Waals surface area contributed by atoms with Gasteiger partial charge in [0.2, 0.25) is 0 Å². The average Bonchev–Trinajstić information content (AvgIpc) is 2.53. The van der Waals surface area contributed by atoms with E-state index in [0.29, 0.717) is 5.92 Å². The molecule has 0 spiro atoms. The van der Waals surface area contributed by atoms with Gasteiger partial charge in [0.25, 0.3) is 0 Å². The number of rotatable bonds is 2. The van der Waals surface area contributed by atoms with Crippen molar-refractivity contribution in [2.24, 2.45) is 25.7 Å². The fourth-order valence-corrected chi connectivity index (χ4v) is 2.12. The summed E-state index contributed by atoms with van der Waals surface area (Å²) in [6, 6.07) is 6.00. The molecule has 1 heterocycles. The predicted octanol–water partition coefficient (Wildman–Crippen LogP) is 1.53. The van der Waals surface area contributed by atoms with Crippen LogP contribution in [0.25, 0.3) is 11.0 Å². The van der Waals surface area contributed by atoms with Crippen molar-refractivity contribution in [1.29, 1.82) is 0 Å². The Hall–Kier alpha value is -1.55. The molecule has 0 aliphatic heterocycles. The Balaban J connectivity index is 2.66. The molecule has 0 aliphatic rings. The molecule has 1 unspecified atom stereocenters. The van der Waals surface area contributed by atoms with Crippen molar-refractivity contribution in [1.82, 2.24) is 9.13 Å². The first-order valence-electron chi connectivity index (χ1n) is 5.84. The smallest absolute Gasteiger partial charge is 0.324 e. The van der Waals surface area contributed by atoms with Crippen molar-refractivity contribution < 1.29 is 0 Å². The third-order valence-corrected chi connectivity index (χ3v) is 3.40. The SMILES string of the molecule is CC(C)C(N)c1ccc2c(c1)n(C)c(=O)n2C.